The van der Waals surface area contributed by atoms with E-state index in [0.717, 1.165) is 27.7 Å². The highest BCUT2D eigenvalue weighted by Crippen LogP contribution is 2.26. The van der Waals surface area contributed by atoms with Gasteiger partial charge in [0.2, 0.25) is 11.1 Å². The lowest BCUT2D eigenvalue weighted by molar-refractivity contribution is -0.115. The van der Waals surface area contributed by atoms with E-state index in [1.807, 2.05) is 80.6 Å². The van der Waals surface area contributed by atoms with E-state index >= 15 is 0 Å². The Balaban J connectivity index is 1.49. The van der Waals surface area contributed by atoms with Crippen molar-refractivity contribution in [1.29, 1.82) is 0 Å². The van der Waals surface area contributed by atoms with Gasteiger partial charge in [0, 0.05) is 5.69 Å². The number of fused-ring (bicyclic) bond motifs is 1. The average Bonchev–Trinajstić information content (AvgIpc) is 3.16. The van der Waals surface area contributed by atoms with Crippen molar-refractivity contribution in [2.24, 2.45) is 0 Å². The molecule has 0 saturated heterocycles. The first kappa shape index (κ1) is 18.2. The number of aryl methyl sites for hydroxylation is 1. The van der Waals surface area contributed by atoms with E-state index in [0.29, 0.717) is 5.16 Å². The van der Waals surface area contributed by atoms with E-state index in [4.69, 9.17) is 0 Å². The molecule has 1 N–H and O–H groups in total. The molecule has 0 fully saturated rings. The molecule has 140 valence electrons. The number of carbonyl (C=O) groups excluding carboxylic acids is 1. The van der Waals surface area contributed by atoms with E-state index in [1.54, 1.807) is 4.68 Å². The summed E-state index contributed by atoms with van der Waals surface area (Å²) in [6, 6.07) is 21.8. The van der Waals surface area contributed by atoms with Crippen LogP contribution in [0.1, 0.15) is 12.5 Å². The largest absolute Gasteiger partial charge is 0.325 e. The van der Waals surface area contributed by atoms with Crippen LogP contribution in [0.25, 0.3) is 16.5 Å². The second kappa shape index (κ2) is 7.82. The first-order valence-corrected chi connectivity index (χ1v) is 9.80. The number of tetrazole rings is 1. The van der Waals surface area contributed by atoms with Crippen LogP contribution in [-0.4, -0.2) is 31.4 Å². The Morgan fingerprint density at radius 2 is 1.79 bits per heavy atom. The zero-order valence-corrected chi connectivity index (χ0v) is 16.4. The molecular weight excluding hydrogens is 370 g/mol. The Morgan fingerprint density at radius 1 is 1.04 bits per heavy atom. The second-order valence-electron chi connectivity index (χ2n) is 6.47. The third-order valence-corrected chi connectivity index (χ3v) is 5.49. The molecule has 0 unspecified atom stereocenters. The van der Waals surface area contributed by atoms with Crippen molar-refractivity contribution in [3.05, 3.63) is 72.3 Å². The standard InChI is InChI=1S/C21H19N5OS/c1-14-7-3-6-10-19(14)26-21(23-24-25-26)28-15(2)20(27)22-18-12-11-16-8-4-5-9-17(16)13-18/h3-13,15H,1-2H3,(H,22,27)/t15-/m0/s1. The van der Waals surface area contributed by atoms with Crippen LogP contribution in [0.4, 0.5) is 5.69 Å². The zero-order valence-electron chi connectivity index (χ0n) is 15.5. The minimum atomic E-state index is -0.361. The van der Waals surface area contributed by atoms with Gasteiger partial charge in [-0.15, -0.1) is 5.10 Å². The Morgan fingerprint density at radius 3 is 2.61 bits per heavy atom. The van der Waals surface area contributed by atoms with Gasteiger partial charge in [0.05, 0.1) is 10.9 Å². The molecule has 4 aromatic rings. The predicted molar refractivity (Wildman–Crippen MR) is 112 cm³/mol. The number of hydrogen-bond donors (Lipinski definition) is 1. The maximum atomic E-state index is 12.7. The summed E-state index contributed by atoms with van der Waals surface area (Å²) in [5, 5.41) is 17.4. The fourth-order valence-electron chi connectivity index (χ4n) is 2.93. The summed E-state index contributed by atoms with van der Waals surface area (Å²) in [6.07, 6.45) is 0. The number of anilines is 1. The summed E-state index contributed by atoms with van der Waals surface area (Å²) >= 11 is 1.33. The summed E-state index contributed by atoms with van der Waals surface area (Å²) < 4.78 is 1.67. The molecule has 0 aliphatic rings. The third-order valence-electron chi connectivity index (χ3n) is 4.45. The second-order valence-corrected chi connectivity index (χ2v) is 7.78. The first-order chi connectivity index (χ1) is 13.6. The molecule has 6 nitrogen and oxygen atoms in total. The summed E-state index contributed by atoms with van der Waals surface area (Å²) in [7, 11) is 0. The summed E-state index contributed by atoms with van der Waals surface area (Å²) in [6.45, 7) is 3.85. The summed E-state index contributed by atoms with van der Waals surface area (Å²) in [5.74, 6) is -0.0976. The molecule has 0 radical (unpaired) electrons. The average molecular weight is 389 g/mol. The lowest BCUT2D eigenvalue weighted by atomic mass is 10.1. The SMILES string of the molecule is Cc1ccccc1-n1nnnc1S[C@@H](C)C(=O)Nc1ccc2ccccc2c1. The van der Waals surface area contributed by atoms with Crippen molar-refractivity contribution in [1.82, 2.24) is 20.2 Å². The minimum absolute atomic E-state index is 0.0976. The third kappa shape index (κ3) is 3.75. The molecule has 1 aromatic heterocycles. The molecule has 28 heavy (non-hydrogen) atoms. The van der Waals surface area contributed by atoms with Gasteiger partial charge in [0.15, 0.2) is 0 Å². The highest BCUT2D eigenvalue weighted by molar-refractivity contribution is 8.00. The molecule has 1 atom stereocenters. The molecule has 4 rings (SSSR count). The molecule has 0 spiro atoms. The Kier molecular flexibility index (Phi) is 5.08. The first-order valence-electron chi connectivity index (χ1n) is 8.92. The van der Waals surface area contributed by atoms with Crippen molar-refractivity contribution in [2.45, 2.75) is 24.3 Å². The van der Waals surface area contributed by atoms with Crippen LogP contribution in [0.2, 0.25) is 0 Å². The number of nitrogens with zero attached hydrogens (tertiary/aromatic N) is 4. The van der Waals surface area contributed by atoms with Gasteiger partial charge in [0.25, 0.3) is 0 Å². The van der Waals surface area contributed by atoms with E-state index in [9.17, 15) is 4.79 Å². The highest BCUT2D eigenvalue weighted by Gasteiger charge is 2.20. The van der Waals surface area contributed by atoms with E-state index in [-0.39, 0.29) is 11.2 Å². The van der Waals surface area contributed by atoms with Crippen LogP contribution >= 0.6 is 11.8 Å². The van der Waals surface area contributed by atoms with Crippen LogP contribution in [0.15, 0.2) is 71.9 Å². The Hall–Kier alpha value is -3.19. The van der Waals surface area contributed by atoms with Gasteiger partial charge in [0.1, 0.15) is 0 Å². The van der Waals surface area contributed by atoms with Crippen molar-refractivity contribution in [3.8, 4) is 5.69 Å². The molecule has 0 aliphatic heterocycles. The van der Waals surface area contributed by atoms with Gasteiger partial charge in [-0.25, -0.2) is 0 Å². The van der Waals surface area contributed by atoms with Gasteiger partial charge >= 0.3 is 0 Å². The number of nitrogens with one attached hydrogen (secondary N) is 1. The van der Waals surface area contributed by atoms with Crippen molar-refractivity contribution < 1.29 is 4.79 Å². The lowest BCUT2D eigenvalue weighted by Gasteiger charge is -2.13. The fraction of sp³-hybridized carbons (Fsp3) is 0.143. The van der Waals surface area contributed by atoms with Crippen molar-refractivity contribution in [2.75, 3.05) is 5.32 Å². The zero-order chi connectivity index (χ0) is 19.5. The number of benzene rings is 3. The molecule has 0 saturated carbocycles. The topological polar surface area (TPSA) is 72.7 Å². The maximum Gasteiger partial charge on any atom is 0.237 e. The Labute approximate surface area is 167 Å². The molecule has 7 heteroatoms. The summed E-state index contributed by atoms with van der Waals surface area (Å²) in [4.78, 5) is 12.7. The molecule has 1 amide bonds. The minimum Gasteiger partial charge on any atom is -0.325 e. The van der Waals surface area contributed by atoms with Crippen molar-refractivity contribution in [3.63, 3.8) is 0 Å². The van der Waals surface area contributed by atoms with E-state index in [1.165, 1.54) is 11.8 Å². The number of aromatic nitrogens is 4. The predicted octanol–water partition coefficient (Wildman–Crippen LogP) is 4.24. The van der Waals surface area contributed by atoms with Crippen LogP contribution in [-0.2, 0) is 4.79 Å². The summed E-state index contributed by atoms with van der Waals surface area (Å²) in [5.41, 5.74) is 2.73. The van der Waals surface area contributed by atoms with Gasteiger partial charge < -0.3 is 5.32 Å². The number of rotatable bonds is 5. The lowest BCUT2D eigenvalue weighted by Crippen LogP contribution is -2.23. The van der Waals surface area contributed by atoms with Crippen LogP contribution in [0.3, 0.4) is 0 Å². The number of carbonyl (C=O) groups is 1. The number of hydrogen-bond acceptors (Lipinski definition) is 5. The van der Waals surface area contributed by atoms with E-state index < -0.39 is 0 Å². The smallest absolute Gasteiger partial charge is 0.237 e. The highest BCUT2D eigenvalue weighted by atomic mass is 32.2. The number of thioether (sulfide) groups is 1. The van der Waals surface area contributed by atoms with Gasteiger partial charge in [-0.2, -0.15) is 4.68 Å². The molecular formula is C21H19N5OS. The normalized spacial score (nSPS) is 12.1. The van der Waals surface area contributed by atoms with Crippen LogP contribution in [0.5, 0.6) is 0 Å². The van der Waals surface area contributed by atoms with Crippen LogP contribution in [0, 0.1) is 6.92 Å². The molecule has 0 bridgehead atoms. The number of amides is 1. The maximum absolute atomic E-state index is 12.7. The molecule has 3 aromatic carbocycles. The van der Waals surface area contributed by atoms with Gasteiger partial charge in [-0.05, 0) is 58.8 Å². The molecule has 0 aliphatic carbocycles. The van der Waals surface area contributed by atoms with Crippen molar-refractivity contribution >= 4 is 34.1 Å². The quantitative estimate of drug-likeness (QED) is 0.517. The van der Waals surface area contributed by atoms with Gasteiger partial charge in [-0.1, -0.05) is 60.3 Å². The van der Waals surface area contributed by atoms with Gasteiger partial charge in [-0.3, -0.25) is 4.79 Å². The fourth-order valence-corrected chi connectivity index (χ4v) is 3.73. The monoisotopic (exact) mass is 389 g/mol. The van der Waals surface area contributed by atoms with Crippen LogP contribution < -0.4 is 5.32 Å². The van der Waals surface area contributed by atoms with E-state index in [2.05, 4.69) is 20.8 Å². The molecule has 1 heterocycles. The Bertz CT molecular complexity index is 1140. The number of para-hydroxylation sites is 1.